The summed E-state index contributed by atoms with van der Waals surface area (Å²) in [5.41, 5.74) is -0.164. The van der Waals surface area contributed by atoms with Gasteiger partial charge >= 0.3 is 6.18 Å². The van der Waals surface area contributed by atoms with Gasteiger partial charge in [0.1, 0.15) is 5.15 Å². The minimum absolute atomic E-state index is 0.152. The molecule has 112 valence electrons. The molecule has 0 saturated carbocycles. The number of alkyl halides is 3. The molecule has 0 spiro atoms. The van der Waals surface area contributed by atoms with Crippen molar-refractivity contribution in [1.82, 2.24) is 4.98 Å². The lowest BCUT2D eigenvalue weighted by atomic mass is 10.1. The molecule has 8 heteroatoms. The fraction of sp³-hybridized carbons (Fsp3) is 0.154. The van der Waals surface area contributed by atoms with Crippen LogP contribution in [0.2, 0.25) is 5.15 Å². The lowest BCUT2D eigenvalue weighted by Crippen LogP contribution is -2.05. The van der Waals surface area contributed by atoms with E-state index in [2.05, 4.69) is 14.2 Å². The van der Waals surface area contributed by atoms with E-state index < -0.39 is 11.7 Å². The third-order valence-corrected chi connectivity index (χ3v) is 3.33. The Bertz CT molecular complexity index is 620. The number of hydrogen-bond acceptors (Lipinski definition) is 4. The summed E-state index contributed by atoms with van der Waals surface area (Å²) >= 11 is 6.64. The third kappa shape index (κ3) is 4.34. The van der Waals surface area contributed by atoms with E-state index in [9.17, 15) is 13.2 Å². The van der Waals surface area contributed by atoms with Crippen molar-refractivity contribution in [2.75, 3.05) is 7.11 Å². The van der Waals surface area contributed by atoms with Crippen molar-refractivity contribution < 1.29 is 22.4 Å². The first-order valence-electron chi connectivity index (χ1n) is 5.62. The second kappa shape index (κ2) is 6.65. The summed E-state index contributed by atoms with van der Waals surface area (Å²) < 4.78 is 42.9. The molecule has 0 radical (unpaired) electrons. The van der Waals surface area contributed by atoms with Crippen molar-refractivity contribution in [3.63, 3.8) is 0 Å². The monoisotopic (exact) mass is 335 g/mol. The molecule has 0 aliphatic carbocycles. The van der Waals surface area contributed by atoms with Gasteiger partial charge in [-0.15, -0.1) is 0 Å². The summed E-state index contributed by atoms with van der Waals surface area (Å²) in [7, 11) is 1.37. The van der Waals surface area contributed by atoms with Gasteiger partial charge in [-0.2, -0.15) is 17.5 Å². The van der Waals surface area contributed by atoms with E-state index in [1.807, 2.05) is 0 Å². The molecule has 0 N–H and O–H groups in total. The van der Waals surface area contributed by atoms with Gasteiger partial charge in [-0.05, 0) is 24.3 Å². The first-order valence-corrected chi connectivity index (χ1v) is 6.74. The van der Waals surface area contributed by atoms with E-state index in [-0.39, 0.29) is 10.8 Å². The van der Waals surface area contributed by atoms with Crippen LogP contribution in [0.15, 0.2) is 41.3 Å². The van der Waals surface area contributed by atoms with Crippen molar-refractivity contribution in [3.05, 3.63) is 47.1 Å². The molecule has 0 aliphatic heterocycles. The fourth-order valence-corrected chi connectivity index (χ4v) is 2.17. The van der Waals surface area contributed by atoms with Gasteiger partial charge in [0.15, 0.2) is 0 Å². The maximum absolute atomic E-state index is 12.7. The van der Waals surface area contributed by atoms with Crippen LogP contribution in [0, 0.1) is 0 Å². The molecule has 1 aromatic carbocycles. The lowest BCUT2D eigenvalue weighted by Gasteiger charge is -2.09. The minimum atomic E-state index is -4.47. The maximum atomic E-state index is 12.7. The Morgan fingerprint density at radius 2 is 1.81 bits per heavy atom. The van der Waals surface area contributed by atoms with Crippen molar-refractivity contribution in [2.45, 2.75) is 11.1 Å². The lowest BCUT2D eigenvalue weighted by molar-refractivity contribution is -0.160. The van der Waals surface area contributed by atoms with E-state index in [4.69, 9.17) is 11.6 Å². The topological polar surface area (TPSA) is 31.4 Å². The standard InChI is InChI=1S/C13H9ClF3NO2S/c1-19-20-21-10-4-2-8(3-5-10)11-6-9(13(15,16)17)7-12(14)18-11/h2-7H,1H3. The summed E-state index contributed by atoms with van der Waals surface area (Å²) in [5.74, 6) is 0. The van der Waals surface area contributed by atoms with E-state index in [1.54, 1.807) is 24.3 Å². The zero-order valence-electron chi connectivity index (χ0n) is 10.6. The molecule has 0 unspecified atom stereocenters. The van der Waals surface area contributed by atoms with Gasteiger partial charge in [-0.25, -0.2) is 9.87 Å². The van der Waals surface area contributed by atoms with Crippen LogP contribution in [-0.2, 0) is 15.4 Å². The van der Waals surface area contributed by atoms with E-state index in [0.29, 0.717) is 5.56 Å². The van der Waals surface area contributed by atoms with Gasteiger partial charge < -0.3 is 0 Å². The van der Waals surface area contributed by atoms with Crippen LogP contribution < -0.4 is 0 Å². The molecule has 0 fully saturated rings. The predicted molar refractivity (Wildman–Crippen MR) is 73.6 cm³/mol. The first kappa shape index (κ1) is 16.1. The minimum Gasteiger partial charge on any atom is -0.236 e. The number of hydrogen-bond donors (Lipinski definition) is 0. The van der Waals surface area contributed by atoms with Crippen LogP contribution in [0.3, 0.4) is 0 Å². The molecule has 3 nitrogen and oxygen atoms in total. The second-order valence-corrected chi connectivity index (χ2v) is 5.07. The molecule has 0 atom stereocenters. The number of pyridine rings is 1. The summed E-state index contributed by atoms with van der Waals surface area (Å²) in [6, 6.07) is 8.35. The normalized spacial score (nSPS) is 11.7. The van der Waals surface area contributed by atoms with Crippen LogP contribution in [-0.4, -0.2) is 12.1 Å². The van der Waals surface area contributed by atoms with Crippen LogP contribution in [0.5, 0.6) is 0 Å². The Balaban J connectivity index is 2.31. The summed E-state index contributed by atoms with van der Waals surface area (Å²) in [5, 5.41) is -0.207. The highest BCUT2D eigenvalue weighted by Gasteiger charge is 2.31. The quantitative estimate of drug-likeness (QED) is 0.340. The molecule has 2 rings (SSSR count). The highest BCUT2D eigenvalue weighted by Crippen LogP contribution is 2.33. The SMILES string of the molecule is COOSc1ccc(-c2cc(C(F)(F)F)cc(Cl)n2)cc1. The van der Waals surface area contributed by atoms with Gasteiger partial charge in [0.05, 0.1) is 30.4 Å². The van der Waals surface area contributed by atoms with Crippen LogP contribution >= 0.6 is 23.6 Å². The molecular formula is C13H9ClF3NO2S. The molecule has 0 amide bonds. The molecule has 1 heterocycles. The molecule has 0 saturated heterocycles. The van der Waals surface area contributed by atoms with Crippen LogP contribution in [0.1, 0.15) is 5.56 Å². The molecular weight excluding hydrogens is 327 g/mol. The number of nitrogens with zero attached hydrogens (tertiary/aromatic N) is 1. The van der Waals surface area contributed by atoms with Crippen molar-refractivity contribution in [3.8, 4) is 11.3 Å². The van der Waals surface area contributed by atoms with E-state index in [0.717, 1.165) is 29.1 Å². The number of rotatable bonds is 4. The maximum Gasteiger partial charge on any atom is 0.416 e. The van der Waals surface area contributed by atoms with Crippen molar-refractivity contribution in [2.24, 2.45) is 0 Å². The molecule has 0 bridgehead atoms. The Hall–Kier alpha value is -1.28. The van der Waals surface area contributed by atoms with Gasteiger partial charge in [0, 0.05) is 10.5 Å². The van der Waals surface area contributed by atoms with Crippen molar-refractivity contribution >= 4 is 23.6 Å². The fourth-order valence-electron chi connectivity index (χ4n) is 1.56. The highest BCUT2D eigenvalue weighted by molar-refractivity contribution is 7.94. The van der Waals surface area contributed by atoms with E-state index >= 15 is 0 Å². The van der Waals surface area contributed by atoms with Gasteiger partial charge in [0.25, 0.3) is 0 Å². The molecule has 1 aromatic heterocycles. The smallest absolute Gasteiger partial charge is 0.236 e. The third-order valence-electron chi connectivity index (χ3n) is 2.47. The summed E-state index contributed by atoms with van der Waals surface area (Å²) in [6.07, 6.45) is -4.47. The average molecular weight is 336 g/mol. The zero-order chi connectivity index (χ0) is 15.5. The Morgan fingerprint density at radius 1 is 1.14 bits per heavy atom. The van der Waals surface area contributed by atoms with Gasteiger partial charge in [-0.1, -0.05) is 23.7 Å². The van der Waals surface area contributed by atoms with Crippen LogP contribution in [0.25, 0.3) is 11.3 Å². The second-order valence-electron chi connectivity index (χ2n) is 3.90. The predicted octanol–water partition coefficient (Wildman–Crippen LogP) is 5.01. The largest absolute Gasteiger partial charge is 0.416 e. The Morgan fingerprint density at radius 3 is 2.38 bits per heavy atom. The zero-order valence-corrected chi connectivity index (χ0v) is 12.2. The molecule has 2 aromatic rings. The number of aromatic nitrogens is 1. The molecule has 0 aliphatic rings. The Labute approximate surface area is 128 Å². The van der Waals surface area contributed by atoms with E-state index in [1.165, 1.54) is 7.11 Å². The highest BCUT2D eigenvalue weighted by atomic mass is 35.5. The van der Waals surface area contributed by atoms with Gasteiger partial charge in [-0.3, -0.25) is 0 Å². The summed E-state index contributed by atoms with van der Waals surface area (Å²) in [4.78, 5) is 9.08. The number of benzene rings is 1. The first-order chi connectivity index (χ1) is 9.90. The Kier molecular flexibility index (Phi) is 5.10. The van der Waals surface area contributed by atoms with Gasteiger partial charge in [0.2, 0.25) is 0 Å². The number of halogens is 4. The summed E-state index contributed by atoms with van der Waals surface area (Å²) in [6.45, 7) is 0. The van der Waals surface area contributed by atoms with Crippen LogP contribution in [0.4, 0.5) is 13.2 Å². The average Bonchev–Trinajstić information content (AvgIpc) is 2.44. The van der Waals surface area contributed by atoms with Crippen molar-refractivity contribution in [1.29, 1.82) is 0 Å². The molecule has 21 heavy (non-hydrogen) atoms.